The molecule has 1 saturated heterocycles. The maximum atomic E-state index is 13.0. The molecule has 0 aliphatic carbocycles. The number of carbonyl (C=O) groups excluding carboxylic acids is 1. The molecule has 2 aromatic carbocycles. The number of aromatic nitrogens is 3. The van der Waals surface area contributed by atoms with E-state index < -0.39 is 20.9 Å². The number of rotatable bonds is 6. The number of non-ortho nitro benzene ring substituents is 1. The fourth-order valence-electron chi connectivity index (χ4n) is 3.62. The van der Waals surface area contributed by atoms with Gasteiger partial charge < -0.3 is 10.2 Å². The van der Waals surface area contributed by atoms with Crippen molar-refractivity contribution in [3.63, 3.8) is 0 Å². The number of nitro groups is 1. The van der Waals surface area contributed by atoms with E-state index in [4.69, 9.17) is 0 Å². The van der Waals surface area contributed by atoms with Crippen molar-refractivity contribution < 1.29 is 18.1 Å². The molecular formula is C21H23N7O5S. The van der Waals surface area contributed by atoms with Crippen LogP contribution in [0.5, 0.6) is 0 Å². The van der Waals surface area contributed by atoms with E-state index in [0.29, 0.717) is 43.2 Å². The van der Waals surface area contributed by atoms with E-state index in [-0.39, 0.29) is 16.3 Å². The van der Waals surface area contributed by atoms with Crippen molar-refractivity contribution >= 4 is 27.3 Å². The fourth-order valence-corrected chi connectivity index (χ4v) is 5.09. The molecule has 1 aliphatic heterocycles. The van der Waals surface area contributed by atoms with Crippen molar-refractivity contribution in [2.75, 3.05) is 38.5 Å². The average molecular weight is 486 g/mol. The highest BCUT2D eigenvalue weighted by molar-refractivity contribution is 7.89. The summed E-state index contributed by atoms with van der Waals surface area (Å²) in [7, 11) is -1.75. The minimum atomic E-state index is -3.69. The highest BCUT2D eigenvalue weighted by Gasteiger charge is 2.28. The van der Waals surface area contributed by atoms with Crippen LogP contribution in [0.1, 0.15) is 16.2 Å². The minimum absolute atomic E-state index is 0.0128. The number of amides is 1. The lowest BCUT2D eigenvalue weighted by Crippen LogP contribution is -2.47. The van der Waals surface area contributed by atoms with E-state index in [9.17, 15) is 23.3 Å². The Labute approximate surface area is 196 Å². The van der Waals surface area contributed by atoms with Gasteiger partial charge in [0.05, 0.1) is 21.2 Å². The van der Waals surface area contributed by atoms with Crippen molar-refractivity contribution in [1.82, 2.24) is 24.2 Å². The Balaban J connectivity index is 1.54. The van der Waals surface area contributed by atoms with Crippen LogP contribution in [-0.2, 0) is 10.0 Å². The summed E-state index contributed by atoms with van der Waals surface area (Å²) in [4.78, 5) is 25.5. The number of anilines is 1. The molecule has 0 bridgehead atoms. The van der Waals surface area contributed by atoms with Crippen LogP contribution in [0.4, 0.5) is 11.4 Å². The molecule has 1 amide bonds. The molecule has 0 unspecified atom stereocenters. The predicted octanol–water partition coefficient (Wildman–Crippen LogP) is 1.67. The number of piperazine rings is 1. The Morgan fingerprint density at radius 2 is 1.79 bits per heavy atom. The van der Waals surface area contributed by atoms with Crippen LogP contribution in [0.3, 0.4) is 0 Å². The van der Waals surface area contributed by atoms with Crippen LogP contribution in [0, 0.1) is 17.0 Å². The van der Waals surface area contributed by atoms with Gasteiger partial charge in [-0.2, -0.15) is 4.31 Å². The number of carbonyl (C=O) groups is 1. The third kappa shape index (κ3) is 4.66. The third-order valence-electron chi connectivity index (χ3n) is 5.59. The van der Waals surface area contributed by atoms with Gasteiger partial charge >= 0.3 is 0 Å². The van der Waals surface area contributed by atoms with Gasteiger partial charge in [0.25, 0.3) is 11.6 Å². The van der Waals surface area contributed by atoms with Crippen LogP contribution in [0.2, 0.25) is 0 Å². The molecule has 1 N–H and O–H groups in total. The number of hydrogen-bond donors (Lipinski definition) is 1. The Kier molecular flexibility index (Phi) is 6.41. The standard InChI is InChI=1S/C21H23N7O5S/c1-15-20(23-24-27(15)17-6-4-7-18(14-17)28(30)31)21(29)22-16-5-3-8-19(13-16)34(32,33)26-11-9-25(2)10-12-26/h3-8,13-14H,9-12H2,1-2H3,(H,22,29). The summed E-state index contributed by atoms with van der Waals surface area (Å²) in [6.07, 6.45) is 0. The van der Waals surface area contributed by atoms with Crippen LogP contribution in [0.15, 0.2) is 53.4 Å². The topological polar surface area (TPSA) is 144 Å². The normalized spacial score (nSPS) is 15.2. The van der Waals surface area contributed by atoms with E-state index in [2.05, 4.69) is 20.5 Å². The third-order valence-corrected chi connectivity index (χ3v) is 7.48. The first-order chi connectivity index (χ1) is 16.2. The molecule has 12 nitrogen and oxygen atoms in total. The van der Waals surface area contributed by atoms with Crippen LogP contribution >= 0.6 is 0 Å². The largest absolute Gasteiger partial charge is 0.320 e. The number of nitro benzene ring substituents is 1. The van der Waals surface area contributed by atoms with Crippen LogP contribution in [-0.4, -0.2) is 76.7 Å². The molecule has 1 aromatic heterocycles. The molecule has 4 rings (SSSR count). The van der Waals surface area contributed by atoms with E-state index >= 15 is 0 Å². The number of nitrogens with one attached hydrogen (secondary N) is 1. The Hall–Kier alpha value is -3.68. The highest BCUT2D eigenvalue weighted by atomic mass is 32.2. The first-order valence-electron chi connectivity index (χ1n) is 10.4. The Morgan fingerprint density at radius 3 is 2.50 bits per heavy atom. The van der Waals surface area contributed by atoms with Gasteiger partial charge in [0, 0.05) is 44.0 Å². The van der Waals surface area contributed by atoms with Gasteiger partial charge in [-0.05, 0) is 38.2 Å². The zero-order valence-corrected chi connectivity index (χ0v) is 19.4. The fraction of sp³-hybridized carbons (Fsp3) is 0.286. The van der Waals surface area contributed by atoms with Gasteiger partial charge in [-0.1, -0.05) is 17.3 Å². The zero-order valence-electron chi connectivity index (χ0n) is 18.6. The van der Waals surface area contributed by atoms with Crippen molar-refractivity contribution in [3.05, 3.63) is 70.0 Å². The van der Waals surface area contributed by atoms with Gasteiger partial charge in [-0.15, -0.1) is 5.10 Å². The van der Waals surface area contributed by atoms with Crippen molar-refractivity contribution in [3.8, 4) is 5.69 Å². The minimum Gasteiger partial charge on any atom is -0.320 e. The van der Waals surface area contributed by atoms with Gasteiger partial charge in [0.2, 0.25) is 10.0 Å². The smallest absolute Gasteiger partial charge is 0.278 e. The number of benzene rings is 2. The molecule has 0 spiro atoms. The highest BCUT2D eigenvalue weighted by Crippen LogP contribution is 2.22. The summed E-state index contributed by atoms with van der Waals surface area (Å²) in [5.74, 6) is -0.580. The molecule has 0 atom stereocenters. The van der Waals surface area contributed by atoms with E-state index in [1.807, 2.05) is 7.05 Å². The van der Waals surface area contributed by atoms with E-state index in [0.717, 1.165) is 0 Å². The van der Waals surface area contributed by atoms with E-state index in [1.54, 1.807) is 25.1 Å². The molecule has 0 radical (unpaired) electrons. The van der Waals surface area contributed by atoms with Crippen molar-refractivity contribution in [2.24, 2.45) is 0 Å². The molecule has 178 valence electrons. The van der Waals surface area contributed by atoms with Crippen molar-refractivity contribution in [2.45, 2.75) is 11.8 Å². The molecule has 34 heavy (non-hydrogen) atoms. The summed E-state index contributed by atoms with van der Waals surface area (Å²) in [6, 6.07) is 11.9. The lowest BCUT2D eigenvalue weighted by Gasteiger charge is -2.31. The van der Waals surface area contributed by atoms with Gasteiger partial charge in [0.1, 0.15) is 0 Å². The lowest BCUT2D eigenvalue weighted by molar-refractivity contribution is -0.384. The summed E-state index contributed by atoms with van der Waals surface area (Å²) in [6.45, 7) is 3.71. The SMILES string of the molecule is Cc1c(C(=O)Nc2cccc(S(=O)(=O)N3CCN(C)CC3)c2)nnn1-c1cccc([N+](=O)[O-])c1. The van der Waals surface area contributed by atoms with Crippen LogP contribution in [0.25, 0.3) is 5.69 Å². The summed E-state index contributed by atoms with van der Waals surface area (Å²) in [5.41, 5.74) is 0.956. The number of hydrogen-bond acceptors (Lipinski definition) is 8. The monoisotopic (exact) mass is 485 g/mol. The molecule has 1 aliphatic rings. The maximum Gasteiger partial charge on any atom is 0.278 e. The second-order valence-corrected chi connectivity index (χ2v) is 9.84. The zero-order chi connectivity index (χ0) is 24.5. The van der Waals surface area contributed by atoms with Gasteiger partial charge in [0.15, 0.2) is 5.69 Å². The Bertz CT molecular complexity index is 1350. The maximum absolute atomic E-state index is 13.0. The van der Waals surface area contributed by atoms with Crippen molar-refractivity contribution in [1.29, 1.82) is 0 Å². The van der Waals surface area contributed by atoms with Gasteiger partial charge in [-0.3, -0.25) is 14.9 Å². The number of sulfonamides is 1. The second kappa shape index (κ2) is 9.29. The van der Waals surface area contributed by atoms with Gasteiger partial charge in [-0.25, -0.2) is 13.1 Å². The number of nitrogens with zero attached hydrogens (tertiary/aromatic N) is 6. The van der Waals surface area contributed by atoms with E-state index in [1.165, 1.54) is 39.3 Å². The Morgan fingerprint density at radius 1 is 1.09 bits per heavy atom. The molecule has 2 heterocycles. The first-order valence-corrected chi connectivity index (χ1v) is 11.9. The second-order valence-electron chi connectivity index (χ2n) is 7.90. The lowest BCUT2D eigenvalue weighted by atomic mass is 10.2. The number of likely N-dealkylation sites (N-methyl/N-ethyl adjacent to an activating group) is 1. The molecule has 0 saturated carbocycles. The summed E-state index contributed by atoms with van der Waals surface area (Å²) < 4.78 is 28.8. The molecular weight excluding hydrogens is 462 g/mol. The quantitative estimate of drug-likeness (QED) is 0.410. The first kappa shape index (κ1) is 23.5. The van der Waals surface area contributed by atoms with Crippen LogP contribution < -0.4 is 5.32 Å². The summed E-state index contributed by atoms with van der Waals surface area (Å²) >= 11 is 0. The predicted molar refractivity (Wildman–Crippen MR) is 123 cm³/mol. The molecule has 3 aromatic rings. The molecule has 1 fully saturated rings. The average Bonchev–Trinajstić information content (AvgIpc) is 3.21. The summed E-state index contributed by atoms with van der Waals surface area (Å²) in [5, 5.41) is 21.6. The molecule has 13 heteroatoms.